The van der Waals surface area contributed by atoms with Gasteiger partial charge in [-0.25, -0.2) is 0 Å². The van der Waals surface area contributed by atoms with E-state index in [2.05, 4.69) is 10.4 Å². The largest absolute Gasteiger partial charge is 0.321 e. The number of amidine groups is 1. The Balaban J connectivity index is 2.61. The molecule has 1 fully saturated rings. The Hall–Kier alpha value is -0.710. The first-order valence-electron chi connectivity index (χ1n) is 3.03. The van der Waals surface area contributed by atoms with Crippen molar-refractivity contribution >= 4 is 22.8 Å². The van der Waals surface area contributed by atoms with Gasteiger partial charge in [0.15, 0.2) is 5.17 Å². The van der Waals surface area contributed by atoms with Crippen LogP contribution in [0.25, 0.3) is 0 Å². The number of hydrogen-bond donors (Lipinski definition) is 2. The van der Waals surface area contributed by atoms with Gasteiger partial charge in [0.1, 0.15) is 0 Å². The van der Waals surface area contributed by atoms with Gasteiger partial charge >= 0.3 is 0 Å². The molecule has 0 saturated carbocycles. The number of thioether (sulfide) groups is 1. The Labute approximate surface area is 63.2 Å². The predicted octanol–water partition coefficient (Wildman–Crippen LogP) is -0.142. The SMILES string of the molecule is CC[C@H]1S/C(=N\N)NC1=O. The van der Waals surface area contributed by atoms with Crippen molar-refractivity contribution in [3.8, 4) is 0 Å². The Kier molecular flexibility index (Phi) is 2.16. The second kappa shape index (κ2) is 2.92. The van der Waals surface area contributed by atoms with Crippen LogP contribution in [0.1, 0.15) is 13.3 Å². The number of hydrogen-bond acceptors (Lipinski definition) is 4. The lowest BCUT2D eigenvalue weighted by atomic mass is 10.3. The van der Waals surface area contributed by atoms with E-state index < -0.39 is 0 Å². The Morgan fingerprint density at radius 3 is 2.90 bits per heavy atom. The van der Waals surface area contributed by atoms with E-state index in [-0.39, 0.29) is 11.2 Å². The van der Waals surface area contributed by atoms with Crippen LogP contribution in [0.2, 0.25) is 0 Å². The summed E-state index contributed by atoms with van der Waals surface area (Å²) in [7, 11) is 0. The van der Waals surface area contributed by atoms with Crippen molar-refractivity contribution in [3.63, 3.8) is 0 Å². The zero-order valence-corrected chi connectivity index (χ0v) is 6.44. The summed E-state index contributed by atoms with van der Waals surface area (Å²) >= 11 is 1.38. The normalized spacial score (nSPS) is 29.1. The van der Waals surface area contributed by atoms with Gasteiger partial charge in [0.2, 0.25) is 5.91 Å². The highest BCUT2D eigenvalue weighted by Crippen LogP contribution is 2.20. The van der Waals surface area contributed by atoms with Crippen molar-refractivity contribution in [1.29, 1.82) is 0 Å². The van der Waals surface area contributed by atoms with Crippen LogP contribution >= 0.6 is 11.8 Å². The van der Waals surface area contributed by atoms with Crippen molar-refractivity contribution in [1.82, 2.24) is 5.32 Å². The number of carbonyl (C=O) groups is 1. The zero-order valence-electron chi connectivity index (χ0n) is 5.63. The van der Waals surface area contributed by atoms with Crippen molar-refractivity contribution in [2.24, 2.45) is 10.9 Å². The van der Waals surface area contributed by atoms with Crippen molar-refractivity contribution in [3.05, 3.63) is 0 Å². The molecule has 0 bridgehead atoms. The highest BCUT2D eigenvalue weighted by Gasteiger charge is 2.27. The Bertz CT molecular complexity index is 180. The third kappa shape index (κ3) is 1.23. The molecule has 0 unspecified atom stereocenters. The molecule has 1 amide bonds. The quantitative estimate of drug-likeness (QED) is 0.413. The van der Waals surface area contributed by atoms with Crippen LogP contribution in [-0.2, 0) is 4.79 Å². The van der Waals surface area contributed by atoms with Gasteiger partial charge in [-0.2, -0.15) is 5.10 Å². The van der Waals surface area contributed by atoms with Crippen LogP contribution in [0.5, 0.6) is 0 Å². The van der Waals surface area contributed by atoms with E-state index in [4.69, 9.17) is 5.84 Å². The first-order valence-corrected chi connectivity index (χ1v) is 3.91. The molecule has 56 valence electrons. The molecule has 1 rings (SSSR count). The molecule has 0 radical (unpaired) electrons. The van der Waals surface area contributed by atoms with Gasteiger partial charge in [0.05, 0.1) is 5.25 Å². The number of hydrazone groups is 1. The fourth-order valence-electron chi connectivity index (χ4n) is 0.735. The third-order valence-corrected chi connectivity index (χ3v) is 2.53. The summed E-state index contributed by atoms with van der Waals surface area (Å²) in [6.45, 7) is 1.96. The minimum absolute atomic E-state index is 0.00213. The third-order valence-electron chi connectivity index (χ3n) is 1.26. The van der Waals surface area contributed by atoms with E-state index in [1.165, 1.54) is 11.8 Å². The molecule has 1 heterocycles. The number of carbonyl (C=O) groups excluding carboxylic acids is 1. The predicted molar refractivity (Wildman–Crippen MR) is 41.4 cm³/mol. The number of amides is 1. The molecule has 0 aromatic carbocycles. The zero-order chi connectivity index (χ0) is 7.56. The summed E-state index contributed by atoms with van der Waals surface area (Å²) in [5.41, 5.74) is 0. The first-order chi connectivity index (χ1) is 4.77. The summed E-state index contributed by atoms with van der Waals surface area (Å²) in [5.74, 6) is 4.98. The molecule has 3 N–H and O–H groups in total. The molecule has 10 heavy (non-hydrogen) atoms. The maximum absolute atomic E-state index is 10.9. The molecular formula is C5H9N3OS. The molecular weight excluding hydrogens is 150 g/mol. The van der Waals surface area contributed by atoms with Crippen LogP contribution in [0, 0.1) is 0 Å². The summed E-state index contributed by atoms with van der Waals surface area (Å²) in [6.07, 6.45) is 0.815. The van der Waals surface area contributed by atoms with E-state index in [1.54, 1.807) is 0 Å². The number of nitrogens with zero attached hydrogens (tertiary/aromatic N) is 1. The average molecular weight is 159 g/mol. The molecule has 0 aromatic rings. The summed E-state index contributed by atoms with van der Waals surface area (Å²) < 4.78 is 0. The molecule has 0 aromatic heterocycles. The topological polar surface area (TPSA) is 67.5 Å². The van der Waals surface area contributed by atoms with Gasteiger partial charge in [-0.1, -0.05) is 18.7 Å². The number of nitrogens with one attached hydrogen (secondary N) is 1. The van der Waals surface area contributed by atoms with E-state index in [0.29, 0.717) is 5.17 Å². The first kappa shape index (κ1) is 7.40. The number of rotatable bonds is 1. The van der Waals surface area contributed by atoms with Crippen LogP contribution in [0.4, 0.5) is 0 Å². The highest BCUT2D eigenvalue weighted by molar-refractivity contribution is 8.15. The van der Waals surface area contributed by atoms with Crippen LogP contribution in [0.3, 0.4) is 0 Å². The van der Waals surface area contributed by atoms with Crippen molar-refractivity contribution in [2.75, 3.05) is 0 Å². The Morgan fingerprint density at radius 2 is 2.60 bits per heavy atom. The van der Waals surface area contributed by atoms with E-state index in [1.807, 2.05) is 6.92 Å². The summed E-state index contributed by atoms with van der Waals surface area (Å²) in [4.78, 5) is 10.9. The lowest BCUT2D eigenvalue weighted by Crippen LogP contribution is -2.24. The highest BCUT2D eigenvalue weighted by atomic mass is 32.2. The van der Waals surface area contributed by atoms with Crippen LogP contribution in [0.15, 0.2) is 5.10 Å². The minimum Gasteiger partial charge on any atom is -0.321 e. The van der Waals surface area contributed by atoms with E-state index >= 15 is 0 Å². The van der Waals surface area contributed by atoms with Gasteiger partial charge in [0, 0.05) is 0 Å². The van der Waals surface area contributed by atoms with Crippen molar-refractivity contribution in [2.45, 2.75) is 18.6 Å². The van der Waals surface area contributed by atoms with Gasteiger partial charge in [0.25, 0.3) is 0 Å². The molecule has 0 aliphatic carbocycles. The molecule has 1 atom stereocenters. The standard InChI is InChI=1S/C5H9N3OS/c1-2-3-4(9)7-5(8-6)10-3/h3H,2,6H2,1H3,(H,7,8,9)/t3-/m1/s1. The second-order valence-corrected chi connectivity index (χ2v) is 3.13. The molecule has 5 heteroatoms. The summed E-state index contributed by atoms with van der Waals surface area (Å²) in [5, 5.41) is 6.46. The summed E-state index contributed by atoms with van der Waals surface area (Å²) in [6, 6.07) is 0. The maximum Gasteiger partial charge on any atom is 0.239 e. The monoisotopic (exact) mass is 159 g/mol. The van der Waals surface area contributed by atoms with Crippen LogP contribution < -0.4 is 11.2 Å². The molecule has 0 spiro atoms. The van der Waals surface area contributed by atoms with Crippen molar-refractivity contribution < 1.29 is 4.79 Å². The molecule has 1 saturated heterocycles. The van der Waals surface area contributed by atoms with Gasteiger partial charge in [-0.05, 0) is 6.42 Å². The molecule has 1 aliphatic heterocycles. The average Bonchev–Trinajstić information content (AvgIpc) is 2.30. The number of nitrogens with two attached hydrogens (primary N) is 1. The smallest absolute Gasteiger partial charge is 0.239 e. The fourth-order valence-corrected chi connectivity index (χ4v) is 1.56. The molecule has 1 aliphatic rings. The van der Waals surface area contributed by atoms with E-state index in [9.17, 15) is 4.79 Å². The van der Waals surface area contributed by atoms with Gasteiger partial charge < -0.3 is 11.2 Å². The fraction of sp³-hybridized carbons (Fsp3) is 0.600. The lowest BCUT2D eigenvalue weighted by molar-refractivity contribution is -0.118. The Morgan fingerprint density at radius 1 is 1.90 bits per heavy atom. The molecule has 4 nitrogen and oxygen atoms in total. The van der Waals surface area contributed by atoms with E-state index in [0.717, 1.165) is 6.42 Å². The maximum atomic E-state index is 10.9. The second-order valence-electron chi connectivity index (χ2n) is 1.94. The minimum atomic E-state index is 0.00213. The van der Waals surface area contributed by atoms with Crippen LogP contribution in [-0.4, -0.2) is 16.3 Å². The lowest BCUT2D eigenvalue weighted by Gasteiger charge is -1.95. The van der Waals surface area contributed by atoms with Gasteiger partial charge in [-0.3, -0.25) is 4.79 Å². The van der Waals surface area contributed by atoms with Gasteiger partial charge in [-0.15, -0.1) is 0 Å².